The van der Waals surface area contributed by atoms with Crippen LogP contribution in [0.25, 0.3) is 11.4 Å². The molecule has 0 radical (unpaired) electrons. The van der Waals surface area contributed by atoms with Crippen LogP contribution in [0.15, 0.2) is 27.5 Å². The molecule has 3 N–H and O–H groups in total. The number of aromatic nitrogens is 2. The molecular weight excluding hydrogens is 198 g/mol. The van der Waals surface area contributed by atoms with Gasteiger partial charge in [-0.15, -0.1) is 0 Å². The van der Waals surface area contributed by atoms with Gasteiger partial charge in [0, 0.05) is 11.8 Å². The molecule has 0 aliphatic carbocycles. The van der Waals surface area contributed by atoms with Gasteiger partial charge in [-0.05, 0) is 12.1 Å². The Morgan fingerprint density at radius 2 is 2.33 bits per heavy atom. The van der Waals surface area contributed by atoms with Gasteiger partial charge in [0.15, 0.2) is 5.82 Å². The Labute approximate surface area is 84.7 Å². The van der Waals surface area contributed by atoms with Crippen molar-refractivity contribution in [2.24, 2.45) is 0 Å². The zero-order valence-electron chi connectivity index (χ0n) is 7.98. The number of anilines is 1. The average Bonchev–Trinajstić information content (AvgIpc) is 2.64. The van der Waals surface area contributed by atoms with E-state index in [4.69, 9.17) is 10.5 Å². The molecule has 1 heterocycles. The van der Waals surface area contributed by atoms with E-state index in [0.29, 0.717) is 22.8 Å². The predicted molar refractivity (Wildman–Crippen MR) is 53.5 cm³/mol. The number of hydrogen-bond acceptors (Lipinski definition) is 5. The summed E-state index contributed by atoms with van der Waals surface area (Å²) in [4.78, 5) is 13.2. The zero-order chi connectivity index (χ0) is 10.8. The lowest BCUT2D eigenvalue weighted by Crippen LogP contribution is -1.96. The van der Waals surface area contributed by atoms with E-state index in [2.05, 4.69) is 14.7 Å². The van der Waals surface area contributed by atoms with E-state index in [-0.39, 0.29) is 0 Å². The molecule has 0 saturated carbocycles. The lowest BCUT2D eigenvalue weighted by molar-refractivity contribution is 0.386. The topological polar surface area (TPSA) is 94.1 Å². The third kappa shape index (κ3) is 1.69. The first kappa shape index (κ1) is 9.32. The van der Waals surface area contributed by atoms with Gasteiger partial charge in [-0.25, -0.2) is 4.79 Å². The minimum absolute atomic E-state index is 0.317. The van der Waals surface area contributed by atoms with Crippen LogP contribution in [-0.4, -0.2) is 17.3 Å². The zero-order valence-corrected chi connectivity index (χ0v) is 7.98. The van der Waals surface area contributed by atoms with Crippen molar-refractivity contribution in [3.8, 4) is 17.1 Å². The normalized spacial score (nSPS) is 10.2. The van der Waals surface area contributed by atoms with Gasteiger partial charge in [-0.3, -0.25) is 9.51 Å². The van der Waals surface area contributed by atoms with Gasteiger partial charge in [0.05, 0.1) is 12.7 Å². The molecular formula is C9H9N3O3. The number of nitrogens with zero attached hydrogens (tertiary/aromatic N) is 1. The Morgan fingerprint density at radius 1 is 1.53 bits per heavy atom. The largest absolute Gasteiger partial charge is 0.496 e. The van der Waals surface area contributed by atoms with E-state index in [0.717, 1.165) is 0 Å². The molecule has 2 rings (SSSR count). The molecule has 0 saturated heterocycles. The first-order valence-corrected chi connectivity index (χ1v) is 4.20. The molecule has 0 aliphatic rings. The van der Waals surface area contributed by atoms with Gasteiger partial charge < -0.3 is 10.5 Å². The molecule has 0 fully saturated rings. The van der Waals surface area contributed by atoms with E-state index in [1.807, 2.05) is 0 Å². The van der Waals surface area contributed by atoms with Gasteiger partial charge >= 0.3 is 5.76 Å². The summed E-state index contributed by atoms with van der Waals surface area (Å²) in [5.74, 6) is 0.236. The fraction of sp³-hybridized carbons (Fsp3) is 0.111. The van der Waals surface area contributed by atoms with Gasteiger partial charge in [-0.2, -0.15) is 0 Å². The highest BCUT2D eigenvalue weighted by molar-refractivity contribution is 5.67. The molecule has 0 bridgehead atoms. The van der Waals surface area contributed by atoms with Crippen LogP contribution in [0.3, 0.4) is 0 Å². The van der Waals surface area contributed by atoms with E-state index in [1.165, 1.54) is 7.11 Å². The van der Waals surface area contributed by atoms with Gasteiger partial charge in [0.2, 0.25) is 0 Å². The number of nitrogens with one attached hydrogen (secondary N) is 1. The third-order valence-corrected chi connectivity index (χ3v) is 1.92. The van der Waals surface area contributed by atoms with Crippen molar-refractivity contribution in [3.63, 3.8) is 0 Å². The van der Waals surface area contributed by atoms with E-state index < -0.39 is 5.76 Å². The molecule has 0 aliphatic heterocycles. The van der Waals surface area contributed by atoms with E-state index >= 15 is 0 Å². The van der Waals surface area contributed by atoms with Crippen molar-refractivity contribution in [3.05, 3.63) is 28.7 Å². The van der Waals surface area contributed by atoms with E-state index in [9.17, 15) is 4.79 Å². The van der Waals surface area contributed by atoms with Crippen molar-refractivity contribution >= 4 is 5.69 Å². The predicted octanol–water partition coefficient (Wildman–Crippen LogP) is 0.621. The van der Waals surface area contributed by atoms with Gasteiger partial charge in [0.25, 0.3) is 0 Å². The second-order valence-corrected chi connectivity index (χ2v) is 2.90. The molecule has 0 unspecified atom stereocenters. The summed E-state index contributed by atoms with van der Waals surface area (Å²) in [6, 6.07) is 5.02. The lowest BCUT2D eigenvalue weighted by Gasteiger charge is -2.05. The summed E-state index contributed by atoms with van der Waals surface area (Å²) in [7, 11) is 1.51. The monoisotopic (exact) mass is 207 g/mol. The lowest BCUT2D eigenvalue weighted by atomic mass is 10.1. The molecule has 0 atom stereocenters. The minimum Gasteiger partial charge on any atom is -0.496 e. The fourth-order valence-corrected chi connectivity index (χ4v) is 1.25. The quantitative estimate of drug-likeness (QED) is 0.704. The number of ether oxygens (including phenoxy) is 1. The highest BCUT2D eigenvalue weighted by atomic mass is 16.5. The number of nitrogens with two attached hydrogens (primary N) is 1. The van der Waals surface area contributed by atoms with Crippen molar-refractivity contribution < 1.29 is 9.26 Å². The van der Waals surface area contributed by atoms with E-state index in [1.54, 1.807) is 18.2 Å². The highest BCUT2D eigenvalue weighted by Gasteiger charge is 2.10. The summed E-state index contributed by atoms with van der Waals surface area (Å²) < 4.78 is 9.51. The number of aromatic amines is 1. The van der Waals surface area contributed by atoms with Crippen LogP contribution < -0.4 is 16.2 Å². The van der Waals surface area contributed by atoms with Crippen LogP contribution in [-0.2, 0) is 0 Å². The van der Waals surface area contributed by atoms with Crippen molar-refractivity contribution in [2.75, 3.05) is 12.8 Å². The molecule has 0 amide bonds. The van der Waals surface area contributed by atoms with Crippen molar-refractivity contribution in [1.29, 1.82) is 0 Å². The van der Waals surface area contributed by atoms with Gasteiger partial charge in [-0.1, -0.05) is 5.16 Å². The standard InChI is InChI=1S/C9H9N3O3/c1-14-7-4-5(10)2-3-6(7)8-11-9(13)15-12-8/h2-4H,10H2,1H3,(H,11,12,13). The van der Waals surface area contributed by atoms with Gasteiger partial charge in [0.1, 0.15) is 5.75 Å². The molecule has 2 aromatic rings. The molecule has 78 valence electrons. The van der Waals surface area contributed by atoms with Crippen LogP contribution in [0, 0.1) is 0 Å². The van der Waals surface area contributed by atoms with Crippen molar-refractivity contribution in [2.45, 2.75) is 0 Å². The molecule has 1 aromatic heterocycles. The summed E-state index contributed by atoms with van der Waals surface area (Å²) in [5.41, 5.74) is 6.78. The first-order chi connectivity index (χ1) is 7.20. The van der Waals surface area contributed by atoms with Crippen LogP contribution in [0.1, 0.15) is 0 Å². The SMILES string of the molecule is COc1cc(N)ccc1-c1noc(=O)[nH]1. The molecule has 6 heteroatoms. The number of methoxy groups -OCH3 is 1. The first-order valence-electron chi connectivity index (χ1n) is 4.20. The summed E-state index contributed by atoms with van der Waals surface area (Å²) in [6.45, 7) is 0. The molecule has 1 aromatic carbocycles. The Hall–Kier alpha value is -2.24. The van der Waals surface area contributed by atoms with Crippen LogP contribution in [0.2, 0.25) is 0 Å². The third-order valence-electron chi connectivity index (χ3n) is 1.92. The van der Waals surface area contributed by atoms with Crippen LogP contribution in [0.4, 0.5) is 5.69 Å². The minimum atomic E-state index is -0.608. The Balaban J connectivity index is 2.57. The number of nitrogen functional groups attached to an aromatic ring is 1. The Bertz CT molecular complexity index is 529. The summed E-state index contributed by atoms with van der Waals surface area (Å²) in [5, 5.41) is 3.56. The second-order valence-electron chi connectivity index (χ2n) is 2.90. The highest BCUT2D eigenvalue weighted by Crippen LogP contribution is 2.28. The van der Waals surface area contributed by atoms with Crippen LogP contribution >= 0.6 is 0 Å². The number of H-pyrrole nitrogens is 1. The maximum absolute atomic E-state index is 10.8. The summed E-state index contributed by atoms with van der Waals surface area (Å²) >= 11 is 0. The molecule has 15 heavy (non-hydrogen) atoms. The molecule has 0 spiro atoms. The maximum atomic E-state index is 10.8. The fourth-order valence-electron chi connectivity index (χ4n) is 1.25. The number of hydrogen-bond donors (Lipinski definition) is 2. The number of benzene rings is 1. The average molecular weight is 207 g/mol. The molecule has 6 nitrogen and oxygen atoms in total. The second kappa shape index (κ2) is 3.49. The Kier molecular flexibility index (Phi) is 2.17. The van der Waals surface area contributed by atoms with Crippen LogP contribution in [0.5, 0.6) is 5.75 Å². The number of rotatable bonds is 2. The maximum Gasteiger partial charge on any atom is 0.439 e. The smallest absolute Gasteiger partial charge is 0.439 e. The van der Waals surface area contributed by atoms with Crippen molar-refractivity contribution in [1.82, 2.24) is 10.1 Å². The Morgan fingerprint density at radius 3 is 2.93 bits per heavy atom. The summed E-state index contributed by atoms with van der Waals surface area (Å²) in [6.07, 6.45) is 0.